The minimum atomic E-state index is -0.525. The molecular formula is C21H23Cl2N3O5. The molecule has 2 aromatic carbocycles. The fourth-order valence-electron chi connectivity index (χ4n) is 2.67. The smallest absolute Gasteiger partial charge is 0.253 e. The van der Waals surface area contributed by atoms with Crippen molar-refractivity contribution in [2.75, 3.05) is 27.3 Å². The van der Waals surface area contributed by atoms with Gasteiger partial charge in [0, 0.05) is 5.02 Å². The second-order valence-electron chi connectivity index (χ2n) is 6.49. The third-order valence-electron chi connectivity index (χ3n) is 4.32. The van der Waals surface area contributed by atoms with Crippen molar-refractivity contribution in [1.82, 2.24) is 16.0 Å². The monoisotopic (exact) mass is 467 g/mol. The molecule has 1 atom stereocenters. The first-order chi connectivity index (χ1) is 14.7. The number of carbonyl (C=O) groups excluding carboxylic acids is 3. The summed E-state index contributed by atoms with van der Waals surface area (Å²) in [5.74, 6) is -0.302. The van der Waals surface area contributed by atoms with Crippen molar-refractivity contribution in [3.63, 3.8) is 0 Å². The molecule has 31 heavy (non-hydrogen) atoms. The second kappa shape index (κ2) is 11.4. The molecule has 8 nitrogen and oxygen atoms in total. The van der Waals surface area contributed by atoms with Crippen LogP contribution in [0.3, 0.4) is 0 Å². The third kappa shape index (κ3) is 7.04. The van der Waals surface area contributed by atoms with Crippen LogP contribution in [0.25, 0.3) is 0 Å². The highest BCUT2D eigenvalue weighted by molar-refractivity contribution is 6.36. The second-order valence-corrected chi connectivity index (χ2v) is 7.33. The van der Waals surface area contributed by atoms with E-state index < -0.39 is 11.8 Å². The first-order valence-corrected chi connectivity index (χ1v) is 10.0. The van der Waals surface area contributed by atoms with E-state index in [9.17, 15) is 14.4 Å². The molecule has 0 bridgehead atoms. The van der Waals surface area contributed by atoms with Crippen molar-refractivity contribution in [1.29, 1.82) is 0 Å². The molecule has 3 amide bonds. The Morgan fingerprint density at radius 1 is 0.903 bits per heavy atom. The minimum absolute atomic E-state index is 0.175. The van der Waals surface area contributed by atoms with E-state index in [-0.39, 0.29) is 35.6 Å². The first kappa shape index (κ1) is 24.3. The van der Waals surface area contributed by atoms with Gasteiger partial charge in [0.15, 0.2) is 11.5 Å². The van der Waals surface area contributed by atoms with E-state index in [2.05, 4.69) is 16.0 Å². The zero-order valence-corrected chi connectivity index (χ0v) is 18.8. The predicted molar refractivity (Wildman–Crippen MR) is 118 cm³/mol. The van der Waals surface area contributed by atoms with Crippen LogP contribution < -0.4 is 25.4 Å². The number of nitrogens with one attached hydrogen (secondary N) is 3. The van der Waals surface area contributed by atoms with Gasteiger partial charge in [-0.25, -0.2) is 0 Å². The molecule has 3 N–H and O–H groups in total. The summed E-state index contributed by atoms with van der Waals surface area (Å²) < 4.78 is 10.5. The number of carbonyl (C=O) groups is 3. The summed E-state index contributed by atoms with van der Waals surface area (Å²) in [4.78, 5) is 36.2. The number of halogens is 2. The molecule has 0 aliphatic carbocycles. The third-order valence-corrected chi connectivity index (χ3v) is 4.86. The Morgan fingerprint density at radius 2 is 1.58 bits per heavy atom. The summed E-state index contributed by atoms with van der Waals surface area (Å²) in [7, 11) is 3.07. The van der Waals surface area contributed by atoms with Gasteiger partial charge in [-0.2, -0.15) is 0 Å². The summed E-state index contributed by atoms with van der Waals surface area (Å²) in [6.45, 7) is 1.25. The molecule has 166 valence electrons. The molecule has 2 rings (SSSR count). The van der Waals surface area contributed by atoms with Crippen LogP contribution in [0, 0.1) is 0 Å². The van der Waals surface area contributed by atoms with Gasteiger partial charge in [-0.05, 0) is 42.8 Å². The van der Waals surface area contributed by atoms with Crippen molar-refractivity contribution < 1.29 is 23.9 Å². The Labute approximate surface area is 190 Å². The molecule has 0 aliphatic rings. The average Bonchev–Trinajstić information content (AvgIpc) is 2.75. The van der Waals surface area contributed by atoms with Crippen molar-refractivity contribution in [3.8, 4) is 11.5 Å². The van der Waals surface area contributed by atoms with Crippen molar-refractivity contribution in [2.24, 2.45) is 0 Å². The maximum Gasteiger partial charge on any atom is 0.253 e. The lowest BCUT2D eigenvalue weighted by Gasteiger charge is -2.17. The Morgan fingerprint density at radius 3 is 2.23 bits per heavy atom. The van der Waals surface area contributed by atoms with E-state index in [4.69, 9.17) is 32.7 Å². The molecule has 10 heteroatoms. The van der Waals surface area contributed by atoms with Gasteiger partial charge in [0.1, 0.15) is 0 Å². The van der Waals surface area contributed by atoms with Gasteiger partial charge in [-0.3, -0.25) is 14.4 Å². The largest absolute Gasteiger partial charge is 0.493 e. The quantitative estimate of drug-likeness (QED) is 0.525. The summed E-state index contributed by atoms with van der Waals surface area (Å²) in [6, 6.07) is 9.40. The number of rotatable bonds is 9. The highest BCUT2D eigenvalue weighted by atomic mass is 35.5. The molecule has 0 saturated carbocycles. The molecule has 0 spiro atoms. The van der Waals surface area contributed by atoms with Crippen LogP contribution in [0.1, 0.15) is 28.9 Å². The maximum atomic E-state index is 12.1. The maximum absolute atomic E-state index is 12.1. The number of methoxy groups -OCH3 is 2. The van der Waals surface area contributed by atoms with E-state index in [1.54, 1.807) is 19.1 Å². The van der Waals surface area contributed by atoms with Crippen LogP contribution in [0.4, 0.5) is 0 Å². The van der Waals surface area contributed by atoms with Gasteiger partial charge < -0.3 is 25.4 Å². The van der Waals surface area contributed by atoms with Crippen LogP contribution in [0.5, 0.6) is 11.5 Å². The molecule has 0 aromatic heterocycles. The lowest BCUT2D eigenvalue weighted by molar-refractivity contribution is -0.125. The normalized spacial score (nSPS) is 11.3. The first-order valence-electron chi connectivity index (χ1n) is 9.26. The van der Waals surface area contributed by atoms with Crippen LogP contribution in [0.2, 0.25) is 10.0 Å². The van der Waals surface area contributed by atoms with Crippen LogP contribution in [0.15, 0.2) is 36.4 Å². The molecule has 0 aliphatic heterocycles. The zero-order valence-electron chi connectivity index (χ0n) is 17.3. The highest BCUT2D eigenvalue weighted by Crippen LogP contribution is 2.29. The SMILES string of the molecule is COc1ccc(C(C)NC(=O)CNC(=O)CNC(=O)c2ccc(Cl)cc2Cl)cc1OC. The number of hydrogen-bond donors (Lipinski definition) is 3. The van der Waals surface area contributed by atoms with Gasteiger partial charge in [0.2, 0.25) is 11.8 Å². The van der Waals surface area contributed by atoms with Crippen LogP contribution in [-0.4, -0.2) is 45.0 Å². The molecule has 2 aromatic rings. The molecule has 0 radical (unpaired) electrons. The average molecular weight is 468 g/mol. The van der Waals surface area contributed by atoms with Crippen LogP contribution in [-0.2, 0) is 9.59 Å². The Balaban J connectivity index is 1.80. The van der Waals surface area contributed by atoms with Crippen molar-refractivity contribution in [3.05, 3.63) is 57.6 Å². The standard InChI is InChI=1S/C21H23Cl2N3O5/c1-12(13-4-7-17(30-2)18(8-13)31-3)26-20(28)11-24-19(27)10-25-21(29)15-6-5-14(22)9-16(15)23/h4-9,12H,10-11H2,1-3H3,(H,24,27)(H,25,29)(H,26,28). The summed E-state index contributed by atoms with van der Waals surface area (Å²) in [6.07, 6.45) is 0. The fourth-order valence-corrected chi connectivity index (χ4v) is 3.16. The van der Waals surface area contributed by atoms with Gasteiger partial charge in [-0.15, -0.1) is 0 Å². The van der Waals surface area contributed by atoms with E-state index in [1.807, 2.05) is 6.07 Å². The Kier molecular flexibility index (Phi) is 8.96. The zero-order chi connectivity index (χ0) is 23.0. The molecular weight excluding hydrogens is 445 g/mol. The summed E-state index contributed by atoms with van der Waals surface area (Å²) >= 11 is 11.8. The van der Waals surface area contributed by atoms with E-state index in [1.165, 1.54) is 32.4 Å². The van der Waals surface area contributed by atoms with E-state index in [0.29, 0.717) is 16.5 Å². The van der Waals surface area contributed by atoms with Crippen molar-refractivity contribution in [2.45, 2.75) is 13.0 Å². The fraction of sp³-hybridized carbons (Fsp3) is 0.286. The lowest BCUT2D eigenvalue weighted by atomic mass is 10.1. The van der Waals surface area contributed by atoms with Crippen LogP contribution >= 0.6 is 23.2 Å². The number of amides is 3. The van der Waals surface area contributed by atoms with E-state index in [0.717, 1.165) is 5.56 Å². The minimum Gasteiger partial charge on any atom is -0.493 e. The van der Waals surface area contributed by atoms with E-state index >= 15 is 0 Å². The molecule has 0 saturated heterocycles. The number of benzene rings is 2. The summed E-state index contributed by atoms with van der Waals surface area (Å²) in [5, 5.41) is 8.23. The van der Waals surface area contributed by atoms with Gasteiger partial charge in [0.25, 0.3) is 5.91 Å². The molecule has 0 fully saturated rings. The molecule has 1 unspecified atom stereocenters. The van der Waals surface area contributed by atoms with Gasteiger partial charge >= 0.3 is 0 Å². The Bertz CT molecular complexity index is 968. The van der Waals surface area contributed by atoms with Gasteiger partial charge in [-0.1, -0.05) is 29.3 Å². The molecule has 0 heterocycles. The summed E-state index contributed by atoms with van der Waals surface area (Å²) in [5.41, 5.74) is 1.00. The topological polar surface area (TPSA) is 106 Å². The Hall–Kier alpha value is -2.97. The van der Waals surface area contributed by atoms with Gasteiger partial charge in [0.05, 0.1) is 43.9 Å². The number of hydrogen-bond acceptors (Lipinski definition) is 5. The van der Waals surface area contributed by atoms with Crippen molar-refractivity contribution >= 4 is 40.9 Å². The number of ether oxygens (including phenoxy) is 2. The lowest BCUT2D eigenvalue weighted by Crippen LogP contribution is -2.42. The highest BCUT2D eigenvalue weighted by Gasteiger charge is 2.15. The predicted octanol–water partition coefficient (Wildman–Crippen LogP) is 2.73.